The number of likely N-dealkylation sites (tertiary alicyclic amines) is 1. The lowest BCUT2D eigenvalue weighted by atomic mass is 9.96. The van der Waals surface area contributed by atoms with E-state index in [2.05, 4.69) is 10.1 Å². The first-order valence-electron chi connectivity index (χ1n) is 11.7. The fourth-order valence-corrected chi connectivity index (χ4v) is 7.19. The molecule has 5 rings (SSSR count). The van der Waals surface area contributed by atoms with Crippen LogP contribution in [0.4, 0.5) is 0 Å². The zero-order chi connectivity index (χ0) is 24.0. The van der Waals surface area contributed by atoms with E-state index in [9.17, 15) is 18.0 Å². The Balaban J connectivity index is 1.27. The molecule has 182 valence electrons. The molecule has 1 amide bonds. The van der Waals surface area contributed by atoms with Gasteiger partial charge < -0.3 is 14.4 Å². The molecule has 11 heteroatoms. The maximum absolute atomic E-state index is 13.3. The Hall–Kier alpha value is -2.92. The van der Waals surface area contributed by atoms with E-state index in [1.165, 1.54) is 4.31 Å². The summed E-state index contributed by atoms with van der Waals surface area (Å²) in [5, 5.41) is 3.78. The molecule has 1 aromatic carbocycles. The number of benzene rings is 1. The van der Waals surface area contributed by atoms with Gasteiger partial charge in [-0.15, -0.1) is 0 Å². The van der Waals surface area contributed by atoms with Crippen molar-refractivity contribution in [3.05, 3.63) is 46.2 Å². The first kappa shape index (κ1) is 22.9. The molecular formula is C23H29N5O5S. The van der Waals surface area contributed by atoms with Crippen LogP contribution in [0, 0.1) is 19.8 Å². The normalized spacial score (nSPS) is 20.8. The number of para-hydroxylation sites is 2. The predicted molar refractivity (Wildman–Crippen MR) is 125 cm³/mol. The van der Waals surface area contributed by atoms with Crippen molar-refractivity contribution in [3.63, 3.8) is 0 Å². The van der Waals surface area contributed by atoms with Crippen molar-refractivity contribution >= 4 is 27.0 Å². The number of nitrogens with zero attached hydrogens (tertiary/aromatic N) is 4. The van der Waals surface area contributed by atoms with Crippen molar-refractivity contribution in [1.82, 2.24) is 23.9 Å². The van der Waals surface area contributed by atoms with E-state index in [4.69, 9.17) is 4.52 Å². The van der Waals surface area contributed by atoms with Crippen molar-refractivity contribution in [3.8, 4) is 0 Å². The van der Waals surface area contributed by atoms with Gasteiger partial charge in [0.1, 0.15) is 10.6 Å². The molecule has 1 N–H and O–H groups in total. The van der Waals surface area contributed by atoms with Gasteiger partial charge in [-0.25, -0.2) is 13.2 Å². The minimum absolute atomic E-state index is 0.0108. The van der Waals surface area contributed by atoms with Crippen LogP contribution in [-0.2, 0) is 14.8 Å². The number of carbonyl (C=O) groups excluding carboxylic acids is 1. The van der Waals surface area contributed by atoms with Gasteiger partial charge in [0, 0.05) is 32.2 Å². The Morgan fingerprint density at radius 2 is 1.85 bits per heavy atom. The molecule has 2 fully saturated rings. The quantitative estimate of drug-likeness (QED) is 0.602. The number of aryl methyl sites for hydroxylation is 2. The monoisotopic (exact) mass is 487 g/mol. The Morgan fingerprint density at radius 1 is 1.12 bits per heavy atom. The van der Waals surface area contributed by atoms with E-state index in [0.717, 1.165) is 11.0 Å². The molecule has 0 bridgehead atoms. The van der Waals surface area contributed by atoms with Crippen molar-refractivity contribution in [2.24, 2.45) is 5.92 Å². The Labute approximate surface area is 197 Å². The highest BCUT2D eigenvalue weighted by Crippen LogP contribution is 2.30. The van der Waals surface area contributed by atoms with Gasteiger partial charge in [-0.1, -0.05) is 17.3 Å². The minimum atomic E-state index is -3.78. The van der Waals surface area contributed by atoms with Crippen LogP contribution in [-0.4, -0.2) is 64.4 Å². The van der Waals surface area contributed by atoms with Crippen LogP contribution < -0.4 is 5.69 Å². The second kappa shape index (κ2) is 8.70. The summed E-state index contributed by atoms with van der Waals surface area (Å²) in [6.07, 6.45) is 2.65. The van der Waals surface area contributed by atoms with Crippen LogP contribution in [0.3, 0.4) is 0 Å². The van der Waals surface area contributed by atoms with E-state index in [0.29, 0.717) is 51.0 Å². The van der Waals surface area contributed by atoms with Crippen LogP contribution in [0.5, 0.6) is 0 Å². The Bertz CT molecular complexity index is 1360. The van der Waals surface area contributed by atoms with E-state index in [1.807, 2.05) is 29.2 Å². The second-order valence-corrected chi connectivity index (χ2v) is 11.1. The summed E-state index contributed by atoms with van der Waals surface area (Å²) in [6.45, 7) is 4.82. The molecule has 1 unspecified atom stereocenters. The molecule has 2 aliphatic heterocycles. The fourth-order valence-electron chi connectivity index (χ4n) is 5.37. The van der Waals surface area contributed by atoms with Gasteiger partial charge in [0.05, 0.1) is 17.0 Å². The molecule has 0 spiro atoms. The molecule has 4 heterocycles. The lowest BCUT2D eigenvalue weighted by Gasteiger charge is -2.37. The average Bonchev–Trinajstić information content (AvgIpc) is 3.36. The molecule has 0 aliphatic carbocycles. The lowest BCUT2D eigenvalue weighted by Crippen LogP contribution is -2.49. The van der Waals surface area contributed by atoms with Crippen LogP contribution in [0.25, 0.3) is 11.0 Å². The van der Waals surface area contributed by atoms with Crippen molar-refractivity contribution in [2.75, 3.05) is 26.2 Å². The Kier molecular flexibility index (Phi) is 5.85. The summed E-state index contributed by atoms with van der Waals surface area (Å²) >= 11 is 0. The van der Waals surface area contributed by atoms with E-state index < -0.39 is 10.0 Å². The Morgan fingerprint density at radius 3 is 2.56 bits per heavy atom. The lowest BCUT2D eigenvalue weighted by molar-refractivity contribution is -0.138. The molecule has 2 aliphatic rings. The number of aromatic amines is 1. The van der Waals surface area contributed by atoms with Crippen molar-refractivity contribution in [1.29, 1.82) is 0 Å². The van der Waals surface area contributed by atoms with E-state index in [-0.39, 0.29) is 40.8 Å². The number of carbonyl (C=O) groups is 1. The third kappa shape index (κ3) is 3.86. The maximum atomic E-state index is 13.3. The number of fused-ring (bicyclic) bond motifs is 1. The van der Waals surface area contributed by atoms with Crippen LogP contribution in [0.15, 0.2) is 38.5 Å². The number of aromatic nitrogens is 3. The van der Waals surface area contributed by atoms with Crippen molar-refractivity contribution < 1.29 is 17.7 Å². The highest BCUT2D eigenvalue weighted by molar-refractivity contribution is 7.89. The number of sulfonamides is 1. The molecule has 0 saturated carbocycles. The number of hydrogen-bond acceptors (Lipinski definition) is 6. The maximum Gasteiger partial charge on any atom is 0.326 e. The van der Waals surface area contributed by atoms with E-state index >= 15 is 0 Å². The number of rotatable bonds is 4. The third-order valence-electron chi connectivity index (χ3n) is 7.06. The first-order valence-corrected chi connectivity index (χ1v) is 13.1. The standard InChI is InChI=1S/C23H29N5O5S/c1-15-21(16(2)33-25-15)34(31,32)27-11-5-6-17(14-27)22(29)26-12-9-18(10-13-26)28-20-8-4-3-7-19(20)24-23(28)30/h3-4,7-8,17-18H,5-6,9-14H2,1-2H3,(H,24,30). The molecule has 0 radical (unpaired) electrons. The molecule has 2 aromatic heterocycles. The highest BCUT2D eigenvalue weighted by atomic mass is 32.2. The van der Waals surface area contributed by atoms with Crippen LogP contribution >= 0.6 is 0 Å². The summed E-state index contributed by atoms with van der Waals surface area (Å²) in [4.78, 5) is 30.7. The molecule has 34 heavy (non-hydrogen) atoms. The second-order valence-electron chi connectivity index (χ2n) is 9.23. The van der Waals surface area contributed by atoms with E-state index in [1.54, 1.807) is 18.4 Å². The van der Waals surface area contributed by atoms with Gasteiger partial charge >= 0.3 is 5.69 Å². The third-order valence-corrected chi connectivity index (χ3v) is 9.17. The summed E-state index contributed by atoms with van der Waals surface area (Å²) < 4.78 is 34.7. The number of H-pyrrole nitrogens is 1. The number of hydrogen-bond donors (Lipinski definition) is 1. The number of piperidine rings is 2. The molecule has 1 atom stereocenters. The number of imidazole rings is 1. The zero-order valence-electron chi connectivity index (χ0n) is 19.4. The number of nitrogens with one attached hydrogen (secondary N) is 1. The summed E-state index contributed by atoms with van der Waals surface area (Å²) in [6, 6.07) is 7.65. The summed E-state index contributed by atoms with van der Waals surface area (Å²) in [5.41, 5.74) is 1.90. The summed E-state index contributed by atoms with van der Waals surface area (Å²) in [5.74, 6) is -0.125. The van der Waals surface area contributed by atoms with Gasteiger partial charge in [-0.05, 0) is 51.7 Å². The SMILES string of the molecule is Cc1noc(C)c1S(=O)(=O)N1CCCC(C(=O)N2CCC(n3c(=O)[nH]c4ccccc43)CC2)C1. The topological polar surface area (TPSA) is 122 Å². The largest absolute Gasteiger partial charge is 0.360 e. The predicted octanol–water partition coefficient (Wildman–Crippen LogP) is 2.20. The summed E-state index contributed by atoms with van der Waals surface area (Å²) in [7, 11) is -3.78. The van der Waals surface area contributed by atoms with Crippen LogP contribution in [0.1, 0.15) is 43.2 Å². The molecule has 2 saturated heterocycles. The highest BCUT2D eigenvalue weighted by Gasteiger charge is 2.38. The zero-order valence-corrected chi connectivity index (χ0v) is 20.2. The van der Waals surface area contributed by atoms with Crippen LogP contribution in [0.2, 0.25) is 0 Å². The fraction of sp³-hybridized carbons (Fsp3) is 0.522. The molecule has 10 nitrogen and oxygen atoms in total. The van der Waals surface area contributed by atoms with Gasteiger partial charge in [0.25, 0.3) is 0 Å². The first-order chi connectivity index (χ1) is 16.3. The van der Waals surface area contributed by atoms with Gasteiger partial charge in [-0.3, -0.25) is 9.36 Å². The van der Waals surface area contributed by atoms with Crippen molar-refractivity contribution in [2.45, 2.75) is 50.5 Å². The molecular weight excluding hydrogens is 458 g/mol. The van der Waals surface area contributed by atoms with Gasteiger partial charge in [-0.2, -0.15) is 4.31 Å². The minimum Gasteiger partial charge on any atom is -0.360 e. The van der Waals surface area contributed by atoms with Gasteiger partial charge in [0.15, 0.2) is 5.76 Å². The smallest absolute Gasteiger partial charge is 0.326 e. The molecule has 3 aromatic rings. The number of amides is 1. The van der Waals surface area contributed by atoms with Gasteiger partial charge in [0.2, 0.25) is 15.9 Å². The average molecular weight is 488 g/mol.